The van der Waals surface area contributed by atoms with Crippen molar-refractivity contribution in [2.75, 3.05) is 31.6 Å². The smallest absolute Gasteiger partial charge is 0.417 e. The van der Waals surface area contributed by atoms with Crippen molar-refractivity contribution in [2.24, 2.45) is 5.41 Å². The molecule has 0 saturated carbocycles. The summed E-state index contributed by atoms with van der Waals surface area (Å²) in [7, 11) is 1.52. The van der Waals surface area contributed by atoms with Gasteiger partial charge < -0.3 is 19.5 Å². The van der Waals surface area contributed by atoms with E-state index in [1.165, 1.54) is 30.3 Å². The van der Waals surface area contributed by atoms with E-state index in [9.17, 15) is 22.8 Å². The second-order valence-electron chi connectivity index (χ2n) is 8.57. The molecular formula is C23H23F3N4O3. The molecule has 0 radical (unpaired) electrons. The number of benzene rings is 1. The molecule has 1 N–H and O–H groups in total. The van der Waals surface area contributed by atoms with Crippen molar-refractivity contribution in [1.82, 2.24) is 10.2 Å². The van der Waals surface area contributed by atoms with Crippen LogP contribution in [0.1, 0.15) is 40.9 Å². The van der Waals surface area contributed by atoms with Crippen LogP contribution in [-0.4, -0.2) is 49.4 Å². The SMILES string of the molecule is CNC(=O)C1CC2(CCN(c3ccc(C#N)c(C(F)(F)F)c3)CC2)CN1C(=O)c1ccco1. The molecule has 1 atom stereocenters. The Morgan fingerprint density at radius 1 is 1.24 bits per heavy atom. The lowest BCUT2D eigenvalue weighted by atomic mass is 9.76. The molecule has 0 bridgehead atoms. The fraction of sp³-hybridized carbons (Fsp3) is 0.435. The lowest BCUT2D eigenvalue weighted by Gasteiger charge is -2.40. The van der Waals surface area contributed by atoms with Crippen LogP contribution in [0.4, 0.5) is 18.9 Å². The van der Waals surface area contributed by atoms with E-state index in [-0.39, 0.29) is 23.0 Å². The van der Waals surface area contributed by atoms with Crippen molar-refractivity contribution in [1.29, 1.82) is 5.26 Å². The van der Waals surface area contributed by atoms with Crippen LogP contribution in [0.25, 0.3) is 0 Å². The van der Waals surface area contributed by atoms with Crippen molar-refractivity contribution in [3.05, 3.63) is 53.5 Å². The fourth-order valence-corrected chi connectivity index (χ4v) is 4.87. The Morgan fingerprint density at radius 2 is 1.97 bits per heavy atom. The van der Waals surface area contributed by atoms with Gasteiger partial charge in [-0.05, 0) is 55.0 Å². The number of carbonyl (C=O) groups is 2. The molecule has 7 nitrogen and oxygen atoms in total. The molecule has 0 aliphatic carbocycles. The Bertz CT molecular complexity index is 1080. The van der Waals surface area contributed by atoms with Crippen LogP contribution in [0.2, 0.25) is 0 Å². The minimum atomic E-state index is -4.61. The number of amides is 2. The molecule has 1 unspecified atom stereocenters. The van der Waals surface area contributed by atoms with Crippen molar-refractivity contribution >= 4 is 17.5 Å². The van der Waals surface area contributed by atoms with Crippen LogP contribution in [0.15, 0.2) is 41.0 Å². The zero-order chi connectivity index (χ0) is 23.8. The molecular weight excluding hydrogens is 437 g/mol. The van der Waals surface area contributed by atoms with E-state index >= 15 is 0 Å². The maximum atomic E-state index is 13.4. The first-order valence-electron chi connectivity index (χ1n) is 10.6. The number of hydrogen-bond acceptors (Lipinski definition) is 5. The van der Waals surface area contributed by atoms with Crippen molar-refractivity contribution in [2.45, 2.75) is 31.5 Å². The molecule has 33 heavy (non-hydrogen) atoms. The summed E-state index contributed by atoms with van der Waals surface area (Å²) >= 11 is 0. The summed E-state index contributed by atoms with van der Waals surface area (Å²) in [5.41, 5.74) is -1.26. The van der Waals surface area contributed by atoms with E-state index in [4.69, 9.17) is 9.68 Å². The van der Waals surface area contributed by atoms with E-state index in [0.717, 1.165) is 6.07 Å². The zero-order valence-electron chi connectivity index (χ0n) is 18.0. The van der Waals surface area contributed by atoms with E-state index in [0.29, 0.717) is 44.6 Å². The number of likely N-dealkylation sites (N-methyl/N-ethyl adjacent to an activating group) is 1. The monoisotopic (exact) mass is 460 g/mol. The van der Waals surface area contributed by atoms with Gasteiger partial charge in [-0.1, -0.05) is 0 Å². The Balaban J connectivity index is 1.52. The molecule has 2 aromatic rings. The summed E-state index contributed by atoms with van der Waals surface area (Å²) < 4.78 is 45.3. The second-order valence-corrected chi connectivity index (χ2v) is 8.57. The third kappa shape index (κ3) is 4.27. The first-order valence-corrected chi connectivity index (χ1v) is 10.6. The molecule has 1 aromatic heterocycles. The molecule has 1 aromatic carbocycles. The molecule has 2 amide bonds. The molecule has 2 fully saturated rings. The largest absolute Gasteiger partial charge is 0.459 e. The van der Waals surface area contributed by atoms with Crippen LogP contribution in [0.5, 0.6) is 0 Å². The summed E-state index contributed by atoms with van der Waals surface area (Å²) in [6.45, 7) is 1.33. The van der Waals surface area contributed by atoms with Crippen LogP contribution in [0, 0.1) is 16.7 Å². The van der Waals surface area contributed by atoms with Gasteiger partial charge in [0.15, 0.2) is 5.76 Å². The molecule has 4 rings (SSSR count). The number of nitrogens with zero attached hydrogens (tertiary/aromatic N) is 3. The maximum absolute atomic E-state index is 13.4. The first kappa shape index (κ1) is 22.7. The third-order valence-electron chi connectivity index (χ3n) is 6.67. The molecule has 1 spiro atoms. The topological polar surface area (TPSA) is 89.6 Å². The highest BCUT2D eigenvalue weighted by Gasteiger charge is 2.50. The highest BCUT2D eigenvalue weighted by Crippen LogP contribution is 2.45. The highest BCUT2D eigenvalue weighted by atomic mass is 19.4. The van der Waals surface area contributed by atoms with Crippen molar-refractivity contribution in [3.8, 4) is 6.07 Å². The minimum Gasteiger partial charge on any atom is -0.459 e. The summed E-state index contributed by atoms with van der Waals surface area (Å²) in [6, 6.07) is 7.88. The van der Waals surface area contributed by atoms with Gasteiger partial charge in [0.1, 0.15) is 6.04 Å². The summed E-state index contributed by atoms with van der Waals surface area (Å²) in [4.78, 5) is 28.9. The van der Waals surface area contributed by atoms with E-state index in [2.05, 4.69) is 5.32 Å². The summed E-state index contributed by atoms with van der Waals surface area (Å²) in [5.74, 6) is -0.443. The molecule has 10 heteroatoms. The maximum Gasteiger partial charge on any atom is 0.417 e. The lowest BCUT2D eigenvalue weighted by Crippen LogP contribution is -2.45. The normalized spacial score (nSPS) is 20.0. The van der Waals surface area contributed by atoms with E-state index < -0.39 is 23.3 Å². The zero-order valence-corrected chi connectivity index (χ0v) is 18.0. The van der Waals surface area contributed by atoms with Gasteiger partial charge >= 0.3 is 6.18 Å². The van der Waals surface area contributed by atoms with E-state index in [1.54, 1.807) is 18.2 Å². The number of likely N-dealkylation sites (tertiary alicyclic amines) is 1. The van der Waals surface area contributed by atoms with Crippen LogP contribution in [-0.2, 0) is 11.0 Å². The number of halogens is 3. The van der Waals surface area contributed by atoms with Gasteiger partial charge in [-0.15, -0.1) is 0 Å². The van der Waals surface area contributed by atoms with Gasteiger partial charge in [0.2, 0.25) is 5.91 Å². The van der Waals surface area contributed by atoms with Crippen LogP contribution >= 0.6 is 0 Å². The Kier molecular flexibility index (Phi) is 5.82. The van der Waals surface area contributed by atoms with Gasteiger partial charge in [-0.25, -0.2) is 0 Å². The van der Waals surface area contributed by atoms with Crippen molar-refractivity contribution in [3.63, 3.8) is 0 Å². The van der Waals surface area contributed by atoms with Gasteiger partial charge in [-0.3, -0.25) is 9.59 Å². The van der Waals surface area contributed by atoms with Gasteiger partial charge in [0.25, 0.3) is 5.91 Å². The number of furan rings is 1. The molecule has 3 heterocycles. The Hall–Kier alpha value is -3.48. The van der Waals surface area contributed by atoms with Crippen LogP contribution < -0.4 is 10.2 Å². The highest BCUT2D eigenvalue weighted by molar-refractivity contribution is 5.96. The number of alkyl halides is 3. The molecule has 2 aliphatic heterocycles. The standard InChI is InChI=1S/C23H23F3N4O3/c1-28-20(31)18-12-22(14-30(18)21(32)19-3-2-10-33-19)6-8-29(9-7-22)16-5-4-15(13-27)17(11-16)23(24,25)26/h2-5,10-11,18H,6-9,12,14H2,1H3,(H,28,31). The number of anilines is 1. The number of nitrogens with one attached hydrogen (secondary N) is 1. The number of rotatable bonds is 3. The summed E-state index contributed by atoms with van der Waals surface area (Å²) in [5, 5.41) is 11.6. The lowest BCUT2D eigenvalue weighted by molar-refractivity contribution is -0.137. The first-order chi connectivity index (χ1) is 15.7. The quantitative estimate of drug-likeness (QED) is 0.758. The number of piperidine rings is 1. The van der Waals surface area contributed by atoms with Crippen LogP contribution in [0.3, 0.4) is 0 Å². The minimum absolute atomic E-state index is 0.163. The number of hydrogen-bond donors (Lipinski definition) is 1. The Labute approximate surface area is 188 Å². The molecule has 2 aliphatic rings. The summed E-state index contributed by atoms with van der Waals surface area (Å²) in [6.07, 6.45) is -1.50. The molecule has 2 saturated heterocycles. The van der Waals surface area contributed by atoms with Gasteiger partial charge in [-0.2, -0.15) is 18.4 Å². The number of nitriles is 1. The third-order valence-corrected chi connectivity index (χ3v) is 6.67. The predicted octanol–water partition coefficient (Wildman–Crippen LogP) is 3.42. The average Bonchev–Trinajstić information content (AvgIpc) is 3.47. The predicted molar refractivity (Wildman–Crippen MR) is 112 cm³/mol. The average molecular weight is 460 g/mol. The fourth-order valence-electron chi connectivity index (χ4n) is 4.87. The van der Waals surface area contributed by atoms with E-state index in [1.807, 2.05) is 4.90 Å². The van der Waals surface area contributed by atoms with Gasteiger partial charge in [0, 0.05) is 32.4 Å². The Morgan fingerprint density at radius 3 is 2.55 bits per heavy atom. The van der Waals surface area contributed by atoms with Gasteiger partial charge in [0.05, 0.1) is 23.5 Å². The van der Waals surface area contributed by atoms with Crippen molar-refractivity contribution < 1.29 is 27.2 Å². The second kappa shape index (κ2) is 8.46. The number of carbonyl (C=O) groups excluding carboxylic acids is 2. The molecule has 174 valence electrons.